The van der Waals surface area contributed by atoms with E-state index in [1.165, 1.54) is 11.1 Å². The number of nitrogens with one attached hydrogen (secondary N) is 2. The third-order valence-electron chi connectivity index (χ3n) is 4.09. The smallest absolute Gasteiger partial charge is 0.191 e. The van der Waals surface area contributed by atoms with Gasteiger partial charge in [-0.25, -0.2) is 4.99 Å². The molecule has 1 aliphatic heterocycles. The van der Waals surface area contributed by atoms with Crippen LogP contribution in [0.1, 0.15) is 25.0 Å². The van der Waals surface area contributed by atoms with Gasteiger partial charge in [-0.1, -0.05) is 24.3 Å². The Hall–Kier alpha value is -0.510. The van der Waals surface area contributed by atoms with Gasteiger partial charge < -0.3 is 15.4 Å². The van der Waals surface area contributed by atoms with Crippen LogP contribution in [0, 0.1) is 0 Å². The number of nitrogens with zero attached hydrogens (tertiary/aromatic N) is 2. The molecule has 0 bridgehead atoms. The van der Waals surface area contributed by atoms with Crippen LogP contribution in [0.25, 0.3) is 0 Å². The molecule has 0 spiro atoms. The molecular weight excluding hydrogens is 459 g/mol. The van der Waals surface area contributed by atoms with E-state index in [1.54, 1.807) is 0 Å². The lowest BCUT2D eigenvalue weighted by Crippen LogP contribution is -2.40. The number of morpholine rings is 1. The van der Waals surface area contributed by atoms with Crippen LogP contribution in [0.3, 0.4) is 0 Å². The maximum absolute atomic E-state index is 5.62. The first kappa shape index (κ1) is 23.5. The first-order chi connectivity index (χ1) is 12.2. The number of hydrogen-bond donors (Lipinski definition) is 2. The summed E-state index contributed by atoms with van der Waals surface area (Å²) in [5, 5.41) is 6.68. The fourth-order valence-corrected chi connectivity index (χ4v) is 3.21. The second kappa shape index (κ2) is 13.6. The van der Waals surface area contributed by atoms with Crippen LogP contribution in [0.2, 0.25) is 0 Å². The highest BCUT2D eigenvalue weighted by molar-refractivity contribution is 14.0. The van der Waals surface area contributed by atoms with Crippen LogP contribution in [-0.4, -0.2) is 61.8 Å². The molecule has 7 heteroatoms. The number of hydrogen-bond acceptors (Lipinski definition) is 4. The molecule has 148 valence electrons. The molecule has 0 amide bonds. The predicted molar refractivity (Wildman–Crippen MR) is 124 cm³/mol. The minimum Gasteiger partial charge on any atom is -0.376 e. The van der Waals surface area contributed by atoms with Crippen molar-refractivity contribution < 1.29 is 4.74 Å². The van der Waals surface area contributed by atoms with Crippen molar-refractivity contribution in [3.05, 3.63) is 35.4 Å². The monoisotopic (exact) mass is 492 g/mol. The van der Waals surface area contributed by atoms with Crippen molar-refractivity contribution in [2.45, 2.75) is 33.0 Å². The van der Waals surface area contributed by atoms with E-state index < -0.39 is 0 Å². The predicted octanol–water partition coefficient (Wildman–Crippen LogP) is 2.94. The molecular formula is C19H33IN4OS. The minimum atomic E-state index is 0. The molecule has 1 unspecified atom stereocenters. The summed E-state index contributed by atoms with van der Waals surface area (Å²) >= 11 is 1.84. The Kier molecular flexibility index (Phi) is 12.3. The van der Waals surface area contributed by atoms with Gasteiger partial charge in [0.15, 0.2) is 5.96 Å². The van der Waals surface area contributed by atoms with Crippen LogP contribution in [-0.2, 0) is 17.8 Å². The molecule has 1 fully saturated rings. The maximum atomic E-state index is 5.62. The van der Waals surface area contributed by atoms with E-state index in [1.807, 2.05) is 11.8 Å². The van der Waals surface area contributed by atoms with Crippen molar-refractivity contribution in [1.82, 2.24) is 15.5 Å². The fourth-order valence-electron chi connectivity index (χ4n) is 2.90. The van der Waals surface area contributed by atoms with Crippen molar-refractivity contribution in [2.75, 3.05) is 44.8 Å². The molecule has 0 saturated carbocycles. The van der Waals surface area contributed by atoms with Gasteiger partial charge in [0, 0.05) is 38.5 Å². The van der Waals surface area contributed by atoms with Gasteiger partial charge in [0.05, 0.1) is 19.3 Å². The summed E-state index contributed by atoms with van der Waals surface area (Å²) in [6.07, 6.45) is 2.45. The SMILES string of the molecule is CCNC(=NCc1cccc(CN2CCOC(C)C2)c1)NCCSC.I. The average Bonchev–Trinajstić information content (AvgIpc) is 2.60. The van der Waals surface area contributed by atoms with E-state index in [9.17, 15) is 0 Å². The Morgan fingerprint density at radius 2 is 2.15 bits per heavy atom. The van der Waals surface area contributed by atoms with Crippen molar-refractivity contribution >= 4 is 41.7 Å². The number of ether oxygens (including phenoxy) is 1. The second-order valence-corrected chi connectivity index (χ2v) is 7.34. The van der Waals surface area contributed by atoms with Crippen molar-refractivity contribution in [2.24, 2.45) is 4.99 Å². The molecule has 1 aromatic carbocycles. The van der Waals surface area contributed by atoms with Crippen LogP contribution < -0.4 is 10.6 Å². The molecule has 1 atom stereocenters. The van der Waals surface area contributed by atoms with Gasteiger partial charge >= 0.3 is 0 Å². The zero-order valence-corrected chi connectivity index (χ0v) is 19.3. The third-order valence-corrected chi connectivity index (χ3v) is 4.70. The molecule has 0 radical (unpaired) electrons. The highest BCUT2D eigenvalue weighted by Crippen LogP contribution is 2.12. The number of guanidine groups is 1. The lowest BCUT2D eigenvalue weighted by molar-refractivity contribution is -0.0212. The van der Waals surface area contributed by atoms with Gasteiger partial charge in [0.2, 0.25) is 0 Å². The molecule has 0 aromatic heterocycles. The largest absolute Gasteiger partial charge is 0.376 e. The minimum absolute atomic E-state index is 0. The van der Waals surface area contributed by atoms with Crippen LogP contribution >= 0.6 is 35.7 Å². The zero-order valence-electron chi connectivity index (χ0n) is 16.2. The number of rotatable bonds is 8. The summed E-state index contributed by atoms with van der Waals surface area (Å²) in [6.45, 7) is 10.6. The highest BCUT2D eigenvalue weighted by atomic mass is 127. The standard InChI is InChI=1S/C19H32N4OS.HI/c1-4-20-19(21-8-11-25-3)22-13-17-6-5-7-18(12-17)15-23-9-10-24-16(2)14-23;/h5-7,12,16H,4,8-11,13-15H2,1-3H3,(H2,20,21,22);1H. The maximum Gasteiger partial charge on any atom is 0.191 e. The summed E-state index contributed by atoms with van der Waals surface area (Å²) in [5.41, 5.74) is 2.60. The van der Waals surface area contributed by atoms with Crippen LogP contribution in [0.5, 0.6) is 0 Å². The summed E-state index contributed by atoms with van der Waals surface area (Å²) in [5.74, 6) is 1.97. The second-order valence-electron chi connectivity index (χ2n) is 6.35. The fraction of sp³-hybridized carbons (Fsp3) is 0.632. The molecule has 2 N–H and O–H groups in total. The van der Waals surface area contributed by atoms with Gasteiger partial charge in [0.1, 0.15) is 0 Å². The molecule has 26 heavy (non-hydrogen) atoms. The molecule has 5 nitrogen and oxygen atoms in total. The van der Waals surface area contributed by atoms with E-state index in [0.717, 1.165) is 51.0 Å². The summed E-state index contributed by atoms with van der Waals surface area (Å²) in [7, 11) is 0. The van der Waals surface area contributed by atoms with E-state index >= 15 is 0 Å². The first-order valence-electron chi connectivity index (χ1n) is 9.14. The summed E-state index contributed by atoms with van der Waals surface area (Å²) in [6, 6.07) is 8.77. The molecule has 0 aliphatic carbocycles. The van der Waals surface area contributed by atoms with Crippen molar-refractivity contribution in [1.29, 1.82) is 0 Å². The molecule has 1 heterocycles. The van der Waals surface area contributed by atoms with Gasteiger partial charge in [-0.15, -0.1) is 24.0 Å². The summed E-state index contributed by atoms with van der Waals surface area (Å²) < 4.78 is 5.62. The van der Waals surface area contributed by atoms with Gasteiger partial charge in [-0.05, 0) is 31.2 Å². The molecule has 1 aliphatic rings. The Balaban J connectivity index is 0.00000338. The third kappa shape index (κ3) is 8.92. The molecule has 1 aromatic rings. The lowest BCUT2D eigenvalue weighted by atomic mass is 10.1. The van der Waals surface area contributed by atoms with Gasteiger partial charge in [0.25, 0.3) is 0 Å². The van der Waals surface area contributed by atoms with E-state index in [2.05, 4.69) is 59.9 Å². The van der Waals surface area contributed by atoms with Crippen molar-refractivity contribution in [3.63, 3.8) is 0 Å². The average molecular weight is 492 g/mol. The number of halogens is 1. The quantitative estimate of drug-likeness (QED) is 0.253. The highest BCUT2D eigenvalue weighted by Gasteiger charge is 2.16. The van der Waals surface area contributed by atoms with E-state index in [-0.39, 0.29) is 24.0 Å². The van der Waals surface area contributed by atoms with Crippen LogP contribution in [0.4, 0.5) is 0 Å². The Morgan fingerprint density at radius 3 is 2.88 bits per heavy atom. The summed E-state index contributed by atoms with van der Waals surface area (Å²) in [4.78, 5) is 7.17. The Labute approximate surface area is 179 Å². The number of thioether (sulfide) groups is 1. The lowest BCUT2D eigenvalue weighted by Gasteiger charge is -2.31. The first-order valence-corrected chi connectivity index (χ1v) is 10.5. The number of benzene rings is 1. The molecule has 2 rings (SSSR count). The van der Waals surface area contributed by atoms with Gasteiger partial charge in [-0.3, -0.25) is 4.90 Å². The Bertz CT molecular complexity index is 544. The molecule has 1 saturated heterocycles. The number of aliphatic imine (C=N–C) groups is 1. The van der Waals surface area contributed by atoms with Crippen LogP contribution in [0.15, 0.2) is 29.3 Å². The normalized spacial score (nSPS) is 18.3. The van der Waals surface area contributed by atoms with E-state index in [0.29, 0.717) is 12.6 Å². The zero-order chi connectivity index (χ0) is 17.9. The topological polar surface area (TPSA) is 48.9 Å². The van der Waals surface area contributed by atoms with Gasteiger partial charge in [-0.2, -0.15) is 11.8 Å². The van der Waals surface area contributed by atoms with E-state index in [4.69, 9.17) is 9.73 Å². The Morgan fingerprint density at radius 1 is 1.35 bits per heavy atom. The van der Waals surface area contributed by atoms with Crippen molar-refractivity contribution in [3.8, 4) is 0 Å².